The van der Waals surface area contributed by atoms with Crippen LogP contribution in [0.15, 0.2) is 22.5 Å². The van der Waals surface area contributed by atoms with E-state index in [-0.39, 0.29) is 5.41 Å². The standard InChI is InChI=1S/C15H24N2S/c1-15(2,13-9-6-10-18-13)11-17-14(16)12-7-4-3-5-8-12/h6,9-10,12H,3-5,7-8,11H2,1-2H3,(H2,16,17). The molecule has 1 aliphatic carbocycles. The van der Waals surface area contributed by atoms with Crippen molar-refractivity contribution in [1.82, 2.24) is 0 Å². The summed E-state index contributed by atoms with van der Waals surface area (Å²) < 4.78 is 0. The second kappa shape index (κ2) is 5.87. The van der Waals surface area contributed by atoms with Crippen LogP contribution in [0.4, 0.5) is 0 Å². The fourth-order valence-electron chi connectivity index (χ4n) is 2.56. The Balaban J connectivity index is 1.96. The quantitative estimate of drug-likeness (QED) is 0.648. The first kappa shape index (κ1) is 13.6. The molecule has 0 aliphatic heterocycles. The largest absolute Gasteiger partial charge is 0.387 e. The summed E-state index contributed by atoms with van der Waals surface area (Å²) in [5.41, 5.74) is 6.27. The van der Waals surface area contributed by atoms with Gasteiger partial charge in [-0.3, -0.25) is 4.99 Å². The maximum absolute atomic E-state index is 6.16. The molecule has 2 nitrogen and oxygen atoms in total. The Morgan fingerprint density at radius 1 is 1.39 bits per heavy atom. The predicted octanol–water partition coefficient (Wildman–Crippen LogP) is 3.96. The number of aliphatic imine (C=N–C) groups is 1. The predicted molar refractivity (Wildman–Crippen MR) is 80.4 cm³/mol. The lowest BCUT2D eigenvalue weighted by Gasteiger charge is -2.24. The third kappa shape index (κ3) is 3.35. The van der Waals surface area contributed by atoms with Gasteiger partial charge in [0.15, 0.2) is 0 Å². The van der Waals surface area contributed by atoms with Crippen LogP contribution in [-0.4, -0.2) is 12.4 Å². The van der Waals surface area contributed by atoms with E-state index in [2.05, 4.69) is 36.4 Å². The van der Waals surface area contributed by atoms with E-state index in [1.54, 1.807) is 0 Å². The average molecular weight is 264 g/mol. The molecule has 1 aromatic rings. The van der Waals surface area contributed by atoms with Gasteiger partial charge >= 0.3 is 0 Å². The second-order valence-electron chi connectivity index (χ2n) is 5.94. The molecule has 0 spiro atoms. The van der Waals surface area contributed by atoms with Gasteiger partial charge in [0.25, 0.3) is 0 Å². The smallest absolute Gasteiger partial charge is 0.0968 e. The fourth-order valence-corrected chi connectivity index (χ4v) is 3.40. The van der Waals surface area contributed by atoms with Crippen molar-refractivity contribution in [1.29, 1.82) is 0 Å². The Labute approximate surface area is 114 Å². The molecule has 0 amide bonds. The van der Waals surface area contributed by atoms with Crippen molar-refractivity contribution < 1.29 is 0 Å². The van der Waals surface area contributed by atoms with E-state index < -0.39 is 0 Å². The van der Waals surface area contributed by atoms with Gasteiger partial charge in [-0.1, -0.05) is 39.2 Å². The molecule has 0 radical (unpaired) electrons. The van der Waals surface area contributed by atoms with Gasteiger partial charge in [-0.15, -0.1) is 11.3 Å². The van der Waals surface area contributed by atoms with Crippen LogP contribution in [0, 0.1) is 5.92 Å². The zero-order valence-corrected chi connectivity index (χ0v) is 12.3. The Kier molecular flexibility index (Phi) is 4.44. The van der Waals surface area contributed by atoms with Gasteiger partial charge in [-0.2, -0.15) is 0 Å². The monoisotopic (exact) mass is 264 g/mol. The number of hydrogen-bond donors (Lipinski definition) is 1. The van der Waals surface area contributed by atoms with E-state index in [4.69, 9.17) is 5.73 Å². The molecule has 0 aromatic carbocycles. The normalized spacial score (nSPS) is 19.1. The van der Waals surface area contributed by atoms with E-state index in [9.17, 15) is 0 Å². The topological polar surface area (TPSA) is 38.4 Å². The van der Waals surface area contributed by atoms with Gasteiger partial charge in [0.05, 0.1) is 12.4 Å². The molecule has 1 heterocycles. The van der Waals surface area contributed by atoms with Gasteiger partial charge in [-0.25, -0.2) is 0 Å². The van der Waals surface area contributed by atoms with E-state index in [1.165, 1.54) is 37.0 Å². The van der Waals surface area contributed by atoms with Crippen LogP contribution in [0.2, 0.25) is 0 Å². The van der Waals surface area contributed by atoms with Gasteiger partial charge < -0.3 is 5.73 Å². The minimum absolute atomic E-state index is 0.105. The molecule has 0 saturated heterocycles. The molecular weight excluding hydrogens is 240 g/mol. The molecule has 1 aromatic heterocycles. The molecule has 2 N–H and O–H groups in total. The summed E-state index contributed by atoms with van der Waals surface area (Å²) in [7, 11) is 0. The summed E-state index contributed by atoms with van der Waals surface area (Å²) in [4.78, 5) is 6.07. The maximum Gasteiger partial charge on any atom is 0.0968 e. The van der Waals surface area contributed by atoms with Crippen LogP contribution in [-0.2, 0) is 5.41 Å². The highest BCUT2D eigenvalue weighted by Crippen LogP contribution is 2.28. The van der Waals surface area contributed by atoms with Crippen molar-refractivity contribution in [2.24, 2.45) is 16.6 Å². The number of hydrogen-bond acceptors (Lipinski definition) is 2. The van der Waals surface area contributed by atoms with E-state index in [0.717, 1.165) is 12.4 Å². The Bertz CT molecular complexity index is 387. The average Bonchev–Trinajstić information content (AvgIpc) is 2.92. The first-order chi connectivity index (χ1) is 8.59. The minimum Gasteiger partial charge on any atom is -0.387 e. The van der Waals surface area contributed by atoms with Crippen LogP contribution in [0.3, 0.4) is 0 Å². The Morgan fingerprint density at radius 2 is 2.11 bits per heavy atom. The first-order valence-corrected chi connectivity index (χ1v) is 7.81. The zero-order valence-electron chi connectivity index (χ0n) is 11.5. The summed E-state index contributed by atoms with van der Waals surface area (Å²) in [5, 5.41) is 2.13. The number of nitrogens with two attached hydrogens (primary N) is 1. The molecule has 2 rings (SSSR count). The molecule has 100 valence electrons. The molecule has 18 heavy (non-hydrogen) atoms. The second-order valence-corrected chi connectivity index (χ2v) is 6.88. The minimum atomic E-state index is 0.105. The lowest BCUT2D eigenvalue weighted by atomic mass is 9.88. The molecule has 1 aliphatic rings. The molecule has 1 saturated carbocycles. The van der Waals surface area contributed by atoms with Crippen molar-refractivity contribution in [3.05, 3.63) is 22.4 Å². The van der Waals surface area contributed by atoms with E-state index in [1.807, 2.05) is 11.3 Å². The molecule has 0 bridgehead atoms. The number of rotatable bonds is 4. The number of amidine groups is 1. The van der Waals surface area contributed by atoms with Crippen LogP contribution < -0.4 is 5.73 Å². The third-order valence-corrected chi connectivity index (χ3v) is 5.10. The van der Waals surface area contributed by atoms with Gasteiger partial charge in [0.1, 0.15) is 0 Å². The summed E-state index contributed by atoms with van der Waals surface area (Å²) >= 11 is 1.81. The summed E-state index contributed by atoms with van der Waals surface area (Å²) in [6.45, 7) is 5.29. The van der Waals surface area contributed by atoms with Crippen LogP contribution in [0.5, 0.6) is 0 Å². The van der Waals surface area contributed by atoms with Crippen molar-refractivity contribution >= 4 is 17.2 Å². The highest BCUT2D eigenvalue weighted by molar-refractivity contribution is 7.10. The van der Waals surface area contributed by atoms with Crippen molar-refractivity contribution in [2.45, 2.75) is 51.4 Å². The highest BCUT2D eigenvalue weighted by Gasteiger charge is 2.23. The highest BCUT2D eigenvalue weighted by atomic mass is 32.1. The van der Waals surface area contributed by atoms with Crippen LogP contribution in [0.1, 0.15) is 50.8 Å². The number of nitrogens with zero attached hydrogens (tertiary/aromatic N) is 1. The zero-order chi connectivity index (χ0) is 13.0. The first-order valence-electron chi connectivity index (χ1n) is 6.93. The lowest BCUT2D eigenvalue weighted by molar-refractivity contribution is 0.434. The molecular formula is C15H24N2S. The van der Waals surface area contributed by atoms with Gasteiger partial charge in [0, 0.05) is 16.2 Å². The Morgan fingerprint density at radius 3 is 2.72 bits per heavy atom. The van der Waals surface area contributed by atoms with Gasteiger partial charge in [0.2, 0.25) is 0 Å². The van der Waals surface area contributed by atoms with Crippen molar-refractivity contribution in [2.75, 3.05) is 6.54 Å². The van der Waals surface area contributed by atoms with Crippen molar-refractivity contribution in [3.8, 4) is 0 Å². The summed E-state index contributed by atoms with van der Waals surface area (Å²) in [6, 6.07) is 4.30. The fraction of sp³-hybridized carbons (Fsp3) is 0.667. The van der Waals surface area contributed by atoms with Crippen molar-refractivity contribution in [3.63, 3.8) is 0 Å². The number of thiophene rings is 1. The summed E-state index contributed by atoms with van der Waals surface area (Å²) in [6.07, 6.45) is 6.46. The molecule has 0 atom stereocenters. The van der Waals surface area contributed by atoms with Gasteiger partial charge in [-0.05, 0) is 24.3 Å². The lowest BCUT2D eigenvalue weighted by Crippen LogP contribution is -2.29. The molecule has 1 fully saturated rings. The third-order valence-electron chi connectivity index (χ3n) is 3.87. The SMILES string of the molecule is CC(C)(CN=C(N)C1CCCCC1)c1cccs1. The molecule has 3 heteroatoms. The van der Waals surface area contributed by atoms with E-state index >= 15 is 0 Å². The Hall–Kier alpha value is -0.830. The van der Waals surface area contributed by atoms with Crippen LogP contribution >= 0.6 is 11.3 Å². The van der Waals surface area contributed by atoms with Crippen LogP contribution in [0.25, 0.3) is 0 Å². The summed E-state index contributed by atoms with van der Waals surface area (Å²) in [5.74, 6) is 1.43. The molecule has 0 unspecified atom stereocenters. The van der Waals surface area contributed by atoms with E-state index in [0.29, 0.717) is 5.92 Å². The maximum atomic E-state index is 6.16.